The lowest BCUT2D eigenvalue weighted by Crippen LogP contribution is -2.05. The first-order chi connectivity index (χ1) is 9.63. The Balaban J connectivity index is 2.14. The molecule has 0 spiro atoms. The predicted octanol–water partition coefficient (Wildman–Crippen LogP) is 4.04. The van der Waals surface area contributed by atoms with Gasteiger partial charge in [0.05, 0.1) is 0 Å². The fourth-order valence-corrected chi connectivity index (χ4v) is 2.84. The second kappa shape index (κ2) is 4.97. The molecule has 2 N–H and O–H groups in total. The van der Waals surface area contributed by atoms with E-state index in [1.54, 1.807) is 0 Å². The molecular weight excluding hydrogens is 246 g/mol. The zero-order chi connectivity index (χ0) is 14.3. The molecule has 0 radical (unpaired) electrons. The molecule has 0 bridgehead atoms. The van der Waals surface area contributed by atoms with Crippen LogP contribution in [0.15, 0.2) is 18.2 Å². The summed E-state index contributed by atoms with van der Waals surface area (Å²) in [7, 11) is 0. The topological polar surface area (TPSA) is 43.8 Å². The molecule has 1 aromatic carbocycles. The third-order valence-corrected chi connectivity index (χ3v) is 4.27. The van der Waals surface area contributed by atoms with Crippen molar-refractivity contribution in [3.8, 4) is 11.3 Å². The minimum absolute atomic E-state index is 0.586. The van der Waals surface area contributed by atoms with Gasteiger partial charge in [0.25, 0.3) is 0 Å². The number of nitrogens with two attached hydrogens (primary N) is 1. The molecule has 1 aromatic heterocycles. The Morgan fingerprint density at radius 1 is 1.30 bits per heavy atom. The largest absolute Gasteiger partial charge is 0.383 e. The molecule has 0 aliphatic heterocycles. The first kappa shape index (κ1) is 13.2. The number of aromatic nitrogens is 2. The quantitative estimate of drug-likeness (QED) is 0.910. The molecule has 0 saturated heterocycles. The maximum atomic E-state index is 6.43. The van der Waals surface area contributed by atoms with Gasteiger partial charge in [0.1, 0.15) is 17.3 Å². The number of hydrogen-bond acceptors (Lipinski definition) is 2. The Kier molecular flexibility index (Phi) is 3.28. The molecule has 1 fully saturated rings. The second-order valence-corrected chi connectivity index (χ2v) is 5.86. The van der Waals surface area contributed by atoms with Crippen LogP contribution in [0.25, 0.3) is 11.3 Å². The van der Waals surface area contributed by atoms with Crippen molar-refractivity contribution < 1.29 is 0 Å². The van der Waals surface area contributed by atoms with Crippen LogP contribution < -0.4 is 5.73 Å². The van der Waals surface area contributed by atoms with Gasteiger partial charge in [-0.25, -0.2) is 4.98 Å². The fraction of sp³-hybridized carbons (Fsp3) is 0.471. The van der Waals surface area contributed by atoms with Gasteiger partial charge in [0.2, 0.25) is 0 Å². The van der Waals surface area contributed by atoms with Gasteiger partial charge in [-0.1, -0.05) is 25.1 Å². The zero-order valence-electron chi connectivity index (χ0n) is 12.6. The summed E-state index contributed by atoms with van der Waals surface area (Å²) in [5.41, 5.74) is 11.2. The van der Waals surface area contributed by atoms with Crippen molar-refractivity contribution in [1.82, 2.24) is 9.55 Å². The minimum atomic E-state index is 0.586. The molecule has 0 atom stereocenters. The van der Waals surface area contributed by atoms with E-state index < -0.39 is 0 Å². The molecule has 1 saturated carbocycles. The molecule has 0 amide bonds. The van der Waals surface area contributed by atoms with Gasteiger partial charge in [-0.15, -0.1) is 0 Å². The van der Waals surface area contributed by atoms with Crippen LogP contribution in [0.5, 0.6) is 0 Å². The molecule has 20 heavy (non-hydrogen) atoms. The van der Waals surface area contributed by atoms with Crippen molar-refractivity contribution in [3.05, 3.63) is 35.2 Å². The van der Waals surface area contributed by atoms with Crippen molar-refractivity contribution in [3.63, 3.8) is 0 Å². The van der Waals surface area contributed by atoms with E-state index in [0.717, 1.165) is 30.2 Å². The molecule has 3 nitrogen and oxygen atoms in total. The average molecular weight is 269 g/mol. The van der Waals surface area contributed by atoms with Crippen LogP contribution in [-0.2, 0) is 6.42 Å². The Hall–Kier alpha value is -1.77. The molecule has 106 valence electrons. The van der Waals surface area contributed by atoms with E-state index in [1.165, 1.54) is 29.5 Å². The van der Waals surface area contributed by atoms with Gasteiger partial charge >= 0.3 is 0 Å². The lowest BCUT2D eigenvalue weighted by Gasteiger charge is -2.09. The summed E-state index contributed by atoms with van der Waals surface area (Å²) in [5, 5.41) is 0. The number of nitrogen functional groups attached to an aromatic ring is 1. The Bertz CT molecular complexity index is 636. The van der Waals surface area contributed by atoms with E-state index in [2.05, 4.69) is 43.5 Å². The van der Waals surface area contributed by atoms with E-state index in [9.17, 15) is 0 Å². The number of rotatable bonds is 4. The van der Waals surface area contributed by atoms with Crippen molar-refractivity contribution >= 4 is 5.82 Å². The van der Waals surface area contributed by atoms with Crippen LogP contribution in [0.2, 0.25) is 0 Å². The summed E-state index contributed by atoms with van der Waals surface area (Å²) < 4.78 is 2.28. The third-order valence-electron chi connectivity index (χ3n) is 4.27. The standard InChI is InChI=1S/C17H23N3/c1-4-6-15-19-16(17(18)20(15)13-9-10-13)14-8-5-7-11(2)12(14)3/h5,7-8,13H,4,6,9-10,18H2,1-3H3. The molecule has 1 aliphatic rings. The van der Waals surface area contributed by atoms with Gasteiger partial charge in [-0.3, -0.25) is 0 Å². The molecular formula is C17H23N3. The van der Waals surface area contributed by atoms with Gasteiger partial charge in [0, 0.05) is 18.0 Å². The third kappa shape index (κ3) is 2.11. The smallest absolute Gasteiger partial charge is 0.132 e. The number of imidazole rings is 1. The number of nitrogens with zero attached hydrogens (tertiary/aromatic N) is 2. The predicted molar refractivity (Wildman–Crippen MR) is 83.8 cm³/mol. The summed E-state index contributed by atoms with van der Waals surface area (Å²) in [6, 6.07) is 6.95. The Labute approximate surface area is 120 Å². The van der Waals surface area contributed by atoms with E-state index in [0.29, 0.717) is 6.04 Å². The highest BCUT2D eigenvalue weighted by Crippen LogP contribution is 2.41. The highest BCUT2D eigenvalue weighted by molar-refractivity contribution is 5.74. The molecule has 1 aliphatic carbocycles. The summed E-state index contributed by atoms with van der Waals surface area (Å²) >= 11 is 0. The van der Waals surface area contributed by atoms with Gasteiger partial charge in [-0.2, -0.15) is 0 Å². The average Bonchev–Trinajstić information content (AvgIpc) is 3.20. The van der Waals surface area contributed by atoms with Crippen LogP contribution in [0, 0.1) is 13.8 Å². The molecule has 3 rings (SSSR count). The van der Waals surface area contributed by atoms with Crippen molar-refractivity contribution in [2.24, 2.45) is 0 Å². The van der Waals surface area contributed by atoms with E-state index >= 15 is 0 Å². The van der Waals surface area contributed by atoms with Crippen LogP contribution in [0.4, 0.5) is 5.82 Å². The molecule has 0 unspecified atom stereocenters. The highest BCUT2D eigenvalue weighted by Gasteiger charge is 2.30. The van der Waals surface area contributed by atoms with Crippen LogP contribution in [0.3, 0.4) is 0 Å². The first-order valence-electron chi connectivity index (χ1n) is 7.56. The molecule has 2 aromatic rings. The normalized spacial score (nSPS) is 14.8. The second-order valence-electron chi connectivity index (χ2n) is 5.86. The fourth-order valence-electron chi connectivity index (χ4n) is 2.84. The van der Waals surface area contributed by atoms with Crippen LogP contribution >= 0.6 is 0 Å². The number of aryl methyl sites for hydroxylation is 2. The van der Waals surface area contributed by atoms with E-state index in [4.69, 9.17) is 10.7 Å². The zero-order valence-corrected chi connectivity index (χ0v) is 12.6. The van der Waals surface area contributed by atoms with Gasteiger partial charge in [0.15, 0.2) is 0 Å². The van der Waals surface area contributed by atoms with E-state index in [1.807, 2.05) is 0 Å². The maximum absolute atomic E-state index is 6.43. The lowest BCUT2D eigenvalue weighted by molar-refractivity contribution is 0.676. The summed E-state index contributed by atoms with van der Waals surface area (Å²) in [5.74, 6) is 2.01. The lowest BCUT2D eigenvalue weighted by atomic mass is 10.0. The van der Waals surface area contributed by atoms with Crippen molar-refractivity contribution in [2.45, 2.75) is 52.5 Å². The maximum Gasteiger partial charge on any atom is 0.132 e. The summed E-state index contributed by atoms with van der Waals surface area (Å²) in [4.78, 5) is 4.87. The van der Waals surface area contributed by atoms with Gasteiger partial charge < -0.3 is 10.3 Å². The number of anilines is 1. The monoisotopic (exact) mass is 269 g/mol. The highest BCUT2D eigenvalue weighted by atomic mass is 15.2. The summed E-state index contributed by atoms with van der Waals surface area (Å²) in [6.45, 7) is 6.49. The van der Waals surface area contributed by atoms with Gasteiger partial charge in [-0.05, 0) is 44.2 Å². The molecule has 3 heteroatoms. The van der Waals surface area contributed by atoms with Crippen molar-refractivity contribution in [2.75, 3.05) is 5.73 Å². The number of benzene rings is 1. The Morgan fingerprint density at radius 3 is 2.70 bits per heavy atom. The Morgan fingerprint density at radius 2 is 2.05 bits per heavy atom. The van der Waals surface area contributed by atoms with Crippen molar-refractivity contribution in [1.29, 1.82) is 0 Å². The SMILES string of the molecule is CCCc1nc(-c2cccc(C)c2C)c(N)n1C1CC1. The number of hydrogen-bond donors (Lipinski definition) is 1. The summed E-state index contributed by atoms with van der Waals surface area (Å²) in [6.07, 6.45) is 4.59. The van der Waals surface area contributed by atoms with Crippen LogP contribution in [0.1, 0.15) is 49.2 Å². The minimum Gasteiger partial charge on any atom is -0.383 e. The first-order valence-corrected chi connectivity index (χ1v) is 7.56. The van der Waals surface area contributed by atoms with E-state index in [-0.39, 0.29) is 0 Å². The van der Waals surface area contributed by atoms with Crippen LogP contribution in [-0.4, -0.2) is 9.55 Å². The molecule has 1 heterocycles.